The predicted molar refractivity (Wildman–Crippen MR) is 86.8 cm³/mol. The van der Waals surface area contributed by atoms with Gasteiger partial charge < -0.3 is 20.3 Å². The zero-order chi connectivity index (χ0) is 18.8. The Bertz CT molecular complexity index is 922. The van der Waals surface area contributed by atoms with Crippen molar-refractivity contribution < 1.29 is 28.6 Å². The molecule has 0 aromatic carbocycles. The summed E-state index contributed by atoms with van der Waals surface area (Å²) in [5.74, 6) is 2.14. The predicted octanol–water partition coefficient (Wildman–Crippen LogP) is -1.36. The third-order valence-electron chi connectivity index (χ3n) is 3.76. The summed E-state index contributed by atoms with van der Waals surface area (Å²) in [6, 6.07) is 0. The van der Waals surface area contributed by atoms with E-state index in [-0.39, 0.29) is 23.7 Å². The van der Waals surface area contributed by atoms with Crippen LogP contribution in [0.1, 0.15) is 6.23 Å². The fourth-order valence-electron chi connectivity index (χ4n) is 2.76. The minimum absolute atomic E-state index is 0.0108. The van der Waals surface area contributed by atoms with Crippen molar-refractivity contribution in [2.75, 3.05) is 18.9 Å². The Morgan fingerprint density at radius 2 is 2.31 bits per heavy atom. The van der Waals surface area contributed by atoms with E-state index < -0.39 is 45.0 Å². The van der Waals surface area contributed by atoms with Gasteiger partial charge in [0.1, 0.15) is 18.8 Å². The minimum atomic E-state index is -3.00. The van der Waals surface area contributed by atoms with Gasteiger partial charge >= 0.3 is 8.25 Å². The summed E-state index contributed by atoms with van der Waals surface area (Å²) in [6.45, 7) is -0.656. The number of aromatic nitrogens is 4. The number of nitrogens with two attached hydrogens (primary N) is 1. The number of aliphatic hydroxyl groups is 1. The number of rotatable bonds is 6. The summed E-state index contributed by atoms with van der Waals surface area (Å²) in [6.07, 6.45) is 2.45. The lowest BCUT2D eigenvalue weighted by Gasteiger charge is -2.20. The first-order valence-corrected chi connectivity index (χ1v) is 8.46. The Balaban J connectivity index is 2.06. The third kappa shape index (κ3) is 3.32. The third-order valence-corrected chi connectivity index (χ3v) is 4.19. The van der Waals surface area contributed by atoms with Crippen LogP contribution in [0.3, 0.4) is 0 Å². The number of nitrogens with zero attached hydrogens (tertiary/aromatic N) is 3. The van der Waals surface area contributed by atoms with E-state index in [1.54, 1.807) is 0 Å². The van der Waals surface area contributed by atoms with Crippen LogP contribution in [0, 0.1) is 12.3 Å². The molecule has 2 aromatic heterocycles. The van der Waals surface area contributed by atoms with Gasteiger partial charge in [0.05, 0.1) is 12.9 Å². The van der Waals surface area contributed by atoms with Crippen LogP contribution in [0.2, 0.25) is 0 Å². The maximum Gasteiger partial charge on any atom is 0.695 e. The van der Waals surface area contributed by atoms with Gasteiger partial charge in [-0.2, -0.15) is 4.98 Å². The van der Waals surface area contributed by atoms with Gasteiger partial charge in [0.25, 0.3) is 5.56 Å². The Labute approximate surface area is 146 Å². The molecule has 3 unspecified atom stereocenters. The fraction of sp³-hybridized carbons (Fsp3) is 0.462. The number of imidazole rings is 1. The summed E-state index contributed by atoms with van der Waals surface area (Å²) in [7, 11) is -3.00. The van der Waals surface area contributed by atoms with E-state index in [0.29, 0.717) is 0 Å². The van der Waals surface area contributed by atoms with Crippen LogP contribution in [0.4, 0.5) is 5.95 Å². The van der Waals surface area contributed by atoms with Crippen molar-refractivity contribution >= 4 is 25.4 Å². The maximum absolute atomic E-state index is 11.9. The first kappa shape index (κ1) is 18.4. The summed E-state index contributed by atoms with van der Waals surface area (Å²) >= 11 is 0. The van der Waals surface area contributed by atoms with Gasteiger partial charge in [0.15, 0.2) is 23.5 Å². The van der Waals surface area contributed by atoms with Crippen molar-refractivity contribution in [2.24, 2.45) is 0 Å². The van der Waals surface area contributed by atoms with E-state index in [2.05, 4.69) is 20.9 Å². The SMILES string of the molecule is C#CCOC1C(O[P+](=O)O)[C@@H](CO)O[C@H]1n1cnc2c(=O)[nH]c(N)nc21. The summed E-state index contributed by atoms with van der Waals surface area (Å²) < 4.78 is 28.6. The molecular formula is C13H15N5O7P+. The highest BCUT2D eigenvalue weighted by Gasteiger charge is 2.51. The minimum Gasteiger partial charge on any atom is -0.394 e. The van der Waals surface area contributed by atoms with Gasteiger partial charge in [-0.05, 0) is 0 Å². The van der Waals surface area contributed by atoms with Gasteiger partial charge in [0, 0.05) is 4.57 Å². The van der Waals surface area contributed by atoms with E-state index in [1.807, 2.05) is 0 Å². The van der Waals surface area contributed by atoms with Crippen LogP contribution >= 0.6 is 8.25 Å². The first-order chi connectivity index (χ1) is 12.5. The van der Waals surface area contributed by atoms with E-state index in [4.69, 9.17) is 31.0 Å². The molecule has 5 atom stereocenters. The average Bonchev–Trinajstić information content (AvgIpc) is 3.14. The van der Waals surface area contributed by atoms with Gasteiger partial charge in [-0.15, -0.1) is 15.8 Å². The number of hydrogen-bond donors (Lipinski definition) is 4. The highest BCUT2D eigenvalue weighted by atomic mass is 31.1. The second-order valence-electron chi connectivity index (χ2n) is 5.31. The van der Waals surface area contributed by atoms with E-state index in [1.165, 1.54) is 10.9 Å². The molecule has 0 aliphatic carbocycles. The van der Waals surface area contributed by atoms with Crippen LogP contribution in [0.5, 0.6) is 0 Å². The molecule has 0 radical (unpaired) electrons. The van der Waals surface area contributed by atoms with Gasteiger partial charge in [-0.1, -0.05) is 5.92 Å². The largest absolute Gasteiger partial charge is 0.695 e. The van der Waals surface area contributed by atoms with Crippen LogP contribution in [0.15, 0.2) is 11.1 Å². The van der Waals surface area contributed by atoms with Crippen molar-refractivity contribution in [1.29, 1.82) is 0 Å². The Kier molecular flexibility index (Phi) is 5.28. The molecule has 0 saturated carbocycles. The number of nitrogen functional groups attached to an aromatic ring is 1. The van der Waals surface area contributed by atoms with Gasteiger partial charge in [-0.25, -0.2) is 4.98 Å². The van der Waals surface area contributed by atoms with Crippen LogP contribution in [0.25, 0.3) is 11.2 Å². The number of ether oxygens (including phenoxy) is 2. The topological polar surface area (TPSA) is 175 Å². The molecule has 0 spiro atoms. The smallest absolute Gasteiger partial charge is 0.394 e. The second kappa shape index (κ2) is 7.46. The van der Waals surface area contributed by atoms with E-state index >= 15 is 0 Å². The van der Waals surface area contributed by atoms with Gasteiger partial charge in [0.2, 0.25) is 5.95 Å². The summed E-state index contributed by atoms with van der Waals surface area (Å²) in [5.41, 5.74) is 5.14. The number of hydrogen-bond acceptors (Lipinski definition) is 9. The molecule has 0 amide bonds. The number of fused-ring (bicyclic) bond motifs is 1. The Morgan fingerprint density at radius 3 is 2.96 bits per heavy atom. The number of H-pyrrole nitrogens is 1. The summed E-state index contributed by atoms with van der Waals surface area (Å²) in [5, 5.41) is 9.52. The normalized spacial score (nSPS) is 26.1. The van der Waals surface area contributed by atoms with Crippen molar-refractivity contribution in [3.05, 3.63) is 16.7 Å². The molecule has 3 heterocycles. The molecule has 1 aliphatic rings. The van der Waals surface area contributed by atoms with Crippen molar-refractivity contribution in [3.8, 4) is 12.3 Å². The van der Waals surface area contributed by atoms with Crippen LogP contribution < -0.4 is 11.3 Å². The molecule has 1 aliphatic heterocycles. The number of nitrogens with one attached hydrogen (secondary N) is 1. The lowest BCUT2D eigenvalue weighted by atomic mass is 10.1. The quantitative estimate of drug-likeness (QED) is 0.344. The molecule has 13 heteroatoms. The van der Waals surface area contributed by atoms with Crippen molar-refractivity contribution in [3.63, 3.8) is 0 Å². The Morgan fingerprint density at radius 1 is 1.54 bits per heavy atom. The zero-order valence-electron chi connectivity index (χ0n) is 13.2. The standard InChI is InChI=1S/C13H14N5O7P/c1-2-3-23-9-8(25-26(21)22)6(4-19)24-12(9)18-5-15-7-10(18)16-13(14)17-11(7)20/h1,5-6,8-9,12,19H,3-4H2,(H3-,14,16,17,20,21,22)/p+1/t6-,8?,9?,12-/m1/s1. The monoisotopic (exact) mass is 384 g/mol. The van der Waals surface area contributed by atoms with Crippen LogP contribution in [-0.2, 0) is 18.6 Å². The molecule has 26 heavy (non-hydrogen) atoms. The second-order valence-corrected chi connectivity index (χ2v) is 6.00. The number of aliphatic hydroxyl groups excluding tert-OH is 1. The highest BCUT2D eigenvalue weighted by Crippen LogP contribution is 2.38. The number of aromatic amines is 1. The average molecular weight is 384 g/mol. The number of anilines is 1. The zero-order valence-corrected chi connectivity index (χ0v) is 14.1. The maximum atomic E-state index is 11.9. The fourth-order valence-corrected chi connectivity index (χ4v) is 3.23. The molecule has 5 N–H and O–H groups in total. The molecular weight excluding hydrogens is 369 g/mol. The Hall–Kier alpha value is -2.39. The molecule has 1 saturated heterocycles. The lowest BCUT2D eigenvalue weighted by molar-refractivity contribution is -0.0635. The highest BCUT2D eigenvalue weighted by molar-refractivity contribution is 7.32. The molecule has 3 rings (SSSR count). The molecule has 1 fully saturated rings. The molecule has 12 nitrogen and oxygen atoms in total. The lowest BCUT2D eigenvalue weighted by Crippen LogP contribution is -2.36. The molecule has 0 bridgehead atoms. The van der Waals surface area contributed by atoms with Gasteiger partial charge in [-0.3, -0.25) is 14.3 Å². The van der Waals surface area contributed by atoms with E-state index in [0.717, 1.165) is 0 Å². The summed E-state index contributed by atoms with van der Waals surface area (Å²) in [4.78, 5) is 31.3. The van der Waals surface area contributed by atoms with E-state index in [9.17, 15) is 14.5 Å². The molecule has 2 aromatic rings. The van der Waals surface area contributed by atoms with Crippen molar-refractivity contribution in [1.82, 2.24) is 19.5 Å². The van der Waals surface area contributed by atoms with Crippen molar-refractivity contribution in [2.45, 2.75) is 24.5 Å². The first-order valence-electron chi connectivity index (χ1n) is 7.33. The van der Waals surface area contributed by atoms with Crippen LogP contribution in [-0.4, -0.2) is 61.0 Å². The number of terminal acetylenes is 1. The molecule has 138 valence electrons.